The number of carbonyl (C=O) groups excluding carboxylic acids is 1. The van der Waals surface area contributed by atoms with Crippen LogP contribution in [0.15, 0.2) is 59.4 Å². The molecule has 1 fully saturated rings. The van der Waals surface area contributed by atoms with E-state index in [9.17, 15) is 9.59 Å². The average Bonchev–Trinajstić information content (AvgIpc) is 3.29. The smallest absolute Gasteiger partial charge is 0.322 e. The van der Waals surface area contributed by atoms with E-state index in [2.05, 4.69) is 28.2 Å². The highest BCUT2D eigenvalue weighted by atomic mass is 32.1. The maximum atomic E-state index is 11.3. The molecule has 1 saturated heterocycles. The van der Waals surface area contributed by atoms with Crippen molar-refractivity contribution in [2.24, 2.45) is 5.92 Å². The van der Waals surface area contributed by atoms with Gasteiger partial charge in [-0.05, 0) is 62.6 Å². The lowest BCUT2D eigenvalue weighted by molar-refractivity contribution is 0.0520. The number of para-hydroxylation sites is 1. The molecule has 0 amide bonds. The zero-order chi connectivity index (χ0) is 24.8. The molecule has 2 unspecified atom stereocenters. The van der Waals surface area contributed by atoms with Gasteiger partial charge in [0.1, 0.15) is 17.4 Å². The first-order valence-corrected chi connectivity index (χ1v) is 12.4. The first-order valence-electron chi connectivity index (χ1n) is 11.6. The number of aromatic amines is 1. The number of aryl methyl sites for hydroxylation is 1. The predicted octanol–water partition coefficient (Wildman–Crippen LogP) is 5.30. The van der Waals surface area contributed by atoms with Gasteiger partial charge >= 0.3 is 4.87 Å². The topological polar surface area (TPSA) is 94.2 Å². The summed E-state index contributed by atoms with van der Waals surface area (Å²) in [6, 6.07) is 17.3. The Labute approximate surface area is 208 Å². The SMILES string of the molecule is CC(=O)c1ccc(OCc2cc(C)nc3ccccc23)cc1.CC1CCOCC1c1n[nH]c(=O)s1. The van der Waals surface area contributed by atoms with E-state index in [4.69, 9.17) is 9.47 Å². The fraction of sp³-hybridized carbons (Fsp3) is 0.333. The Hall–Kier alpha value is -3.36. The Balaban J connectivity index is 0.000000189. The minimum Gasteiger partial charge on any atom is -0.489 e. The van der Waals surface area contributed by atoms with Crippen molar-refractivity contribution in [2.75, 3.05) is 13.2 Å². The van der Waals surface area contributed by atoms with Crippen LogP contribution in [0, 0.1) is 12.8 Å². The first kappa shape index (κ1) is 24.8. The predicted molar refractivity (Wildman–Crippen MR) is 137 cm³/mol. The van der Waals surface area contributed by atoms with E-state index in [0.717, 1.165) is 45.9 Å². The van der Waals surface area contributed by atoms with Gasteiger partial charge in [-0.3, -0.25) is 14.6 Å². The van der Waals surface area contributed by atoms with Gasteiger partial charge in [-0.1, -0.05) is 36.5 Å². The number of nitrogens with zero attached hydrogens (tertiary/aromatic N) is 2. The molecule has 7 nitrogen and oxygen atoms in total. The van der Waals surface area contributed by atoms with Crippen molar-refractivity contribution in [2.45, 2.75) is 39.7 Å². The second-order valence-corrected chi connectivity index (χ2v) is 9.70. The van der Waals surface area contributed by atoms with Crippen molar-refractivity contribution < 1.29 is 14.3 Å². The van der Waals surface area contributed by atoms with Crippen LogP contribution in [-0.4, -0.2) is 34.2 Å². The molecule has 0 aliphatic carbocycles. The molecule has 3 heterocycles. The lowest BCUT2D eigenvalue weighted by Crippen LogP contribution is -2.23. The fourth-order valence-corrected chi connectivity index (χ4v) is 4.85. The number of H-pyrrole nitrogens is 1. The molecule has 5 rings (SSSR count). The molecule has 0 saturated carbocycles. The van der Waals surface area contributed by atoms with Crippen molar-refractivity contribution >= 4 is 28.0 Å². The van der Waals surface area contributed by atoms with Gasteiger partial charge < -0.3 is 9.47 Å². The summed E-state index contributed by atoms with van der Waals surface area (Å²) in [5.74, 6) is 1.68. The standard InChI is InChI=1S/C19H17NO2.C8H12N2O2S/c1-13-11-16(18-5-3-4-6-19(18)20-13)12-22-17-9-7-15(8-10-17)14(2)21;1-5-2-3-12-4-6(5)7-9-10-8(11)13-7/h3-11H,12H2,1-2H3;5-6H,2-4H2,1H3,(H,10,11). The summed E-state index contributed by atoms with van der Waals surface area (Å²) in [7, 11) is 0. The van der Waals surface area contributed by atoms with Gasteiger partial charge in [0.05, 0.1) is 12.1 Å². The van der Waals surface area contributed by atoms with E-state index in [1.54, 1.807) is 19.1 Å². The molecular weight excluding hydrogens is 462 g/mol. The Kier molecular flexibility index (Phi) is 8.05. The normalized spacial score (nSPS) is 17.5. The van der Waals surface area contributed by atoms with Gasteiger partial charge in [0.25, 0.3) is 0 Å². The number of fused-ring (bicyclic) bond motifs is 1. The van der Waals surface area contributed by atoms with Crippen LogP contribution in [-0.2, 0) is 11.3 Å². The van der Waals surface area contributed by atoms with Crippen LogP contribution in [0.4, 0.5) is 0 Å². The van der Waals surface area contributed by atoms with E-state index < -0.39 is 0 Å². The Morgan fingerprint density at radius 1 is 1.20 bits per heavy atom. The molecule has 4 aromatic rings. The molecule has 2 atom stereocenters. The Bertz CT molecular complexity index is 1350. The number of hydrogen-bond acceptors (Lipinski definition) is 7. The second-order valence-electron chi connectivity index (χ2n) is 8.71. The molecule has 35 heavy (non-hydrogen) atoms. The number of ketones is 1. The van der Waals surface area contributed by atoms with Crippen LogP contribution in [0.5, 0.6) is 5.75 Å². The Morgan fingerprint density at radius 3 is 2.66 bits per heavy atom. The number of carbonyl (C=O) groups is 1. The van der Waals surface area contributed by atoms with Gasteiger partial charge in [-0.25, -0.2) is 5.10 Å². The summed E-state index contributed by atoms with van der Waals surface area (Å²) in [6.45, 7) is 7.72. The molecule has 8 heteroatoms. The molecule has 182 valence electrons. The zero-order valence-electron chi connectivity index (χ0n) is 20.1. The summed E-state index contributed by atoms with van der Waals surface area (Å²) in [5, 5.41) is 8.43. The van der Waals surface area contributed by atoms with E-state index in [1.165, 1.54) is 11.3 Å². The van der Waals surface area contributed by atoms with Crippen molar-refractivity contribution in [3.8, 4) is 5.75 Å². The summed E-state index contributed by atoms with van der Waals surface area (Å²) in [5.41, 5.74) is 3.76. The monoisotopic (exact) mass is 491 g/mol. The van der Waals surface area contributed by atoms with Crippen LogP contribution in [0.25, 0.3) is 10.9 Å². The molecule has 2 aromatic carbocycles. The molecular formula is C27H29N3O4S. The highest BCUT2D eigenvalue weighted by molar-refractivity contribution is 7.08. The van der Waals surface area contributed by atoms with E-state index >= 15 is 0 Å². The van der Waals surface area contributed by atoms with Crippen LogP contribution in [0.1, 0.15) is 52.8 Å². The number of benzene rings is 2. The zero-order valence-corrected chi connectivity index (χ0v) is 20.9. The van der Waals surface area contributed by atoms with Crippen LogP contribution in [0.2, 0.25) is 0 Å². The number of hydrogen-bond donors (Lipinski definition) is 1. The number of rotatable bonds is 5. The Morgan fingerprint density at radius 2 is 1.97 bits per heavy atom. The molecule has 0 radical (unpaired) electrons. The molecule has 1 aliphatic heterocycles. The van der Waals surface area contributed by atoms with Gasteiger partial charge in [0, 0.05) is 34.7 Å². The maximum absolute atomic E-state index is 11.3. The highest BCUT2D eigenvalue weighted by Gasteiger charge is 2.26. The summed E-state index contributed by atoms with van der Waals surface area (Å²) in [4.78, 5) is 26.6. The third kappa shape index (κ3) is 6.41. The molecule has 1 N–H and O–H groups in total. The van der Waals surface area contributed by atoms with E-state index in [0.29, 0.717) is 30.6 Å². The molecule has 0 bridgehead atoms. The third-order valence-corrected chi connectivity index (χ3v) is 6.94. The minimum atomic E-state index is -0.0761. The highest BCUT2D eigenvalue weighted by Crippen LogP contribution is 2.30. The van der Waals surface area contributed by atoms with Crippen molar-refractivity contribution in [3.63, 3.8) is 0 Å². The number of nitrogens with one attached hydrogen (secondary N) is 1. The summed E-state index contributed by atoms with van der Waals surface area (Å²) in [6.07, 6.45) is 1.05. The van der Waals surface area contributed by atoms with E-state index in [1.807, 2.05) is 43.3 Å². The van der Waals surface area contributed by atoms with Crippen molar-refractivity contribution in [3.05, 3.63) is 86.1 Å². The molecule has 0 spiro atoms. The van der Waals surface area contributed by atoms with Crippen molar-refractivity contribution in [1.29, 1.82) is 0 Å². The molecule has 1 aliphatic rings. The second kappa shape index (κ2) is 11.4. The number of Topliss-reactive ketones (excluding diaryl/α,β-unsaturated/α-hetero) is 1. The number of aromatic nitrogens is 3. The van der Waals surface area contributed by atoms with Gasteiger partial charge in [0.2, 0.25) is 0 Å². The quantitative estimate of drug-likeness (QED) is 0.381. The van der Waals surface area contributed by atoms with Crippen LogP contribution < -0.4 is 9.61 Å². The van der Waals surface area contributed by atoms with E-state index in [-0.39, 0.29) is 10.7 Å². The summed E-state index contributed by atoms with van der Waals surface area (Å²) >= 11 is 1.20. The van der Waals surface area contributed by atoms with Gasteiger partial charge in [0.15, 0.2) is 5.78 Å². The van der Waals surface area contributed by atoms with Crippen LogP contribution in [0.3, 0.4) is 0 Å². The first-order chi connectivity index (χ1) is 16.9. The fourth-order valence-electron chi connectivity index (χ4n) is 4.02. The van der Waals surface area contributed by atoms with Gasteiger partial charge in [-0.15, -0.1) is 0 Å². The van der Waals surface area contributed by atoms with Gasteiger partial charge in [-0.2, -0.15) is 5.10 Å². The summed E-state index contributed by atoms with van der Waals surface area (Å²) < 4.78 is 11.2. The lowest BCUT2D eigenvalue weighted by atomic mass is 9.91. The van der Waals surface area contributed by atoms with Crippen molar-refractivity contribution in [1.82, 2.24) is 15.2 Å². The van der Waals surface area contributed by atoms with Crippen LogP contribution >= 0.6 is 11.3 Å². The minimum absolute atomic E-state index is 0.0577. The maximum Gasteiger partial charge on any atom is 0.322 e. The average molecular weight is 492 g/mol. The molecule has 2 aromatic heterocycles. The third-order valence-electron chi connectivity index (χ3n) is 6.06. The number of pyridine rings is 1. The lowest BCUT2D eigenvalue weighted by Gasteiger charge is -2.26. The largest absolute Gasteiger partial charge is 0.489 e. The number of ether oxygens (including phenoxy) is 2.